The minimum absolute atomic E-state index is 0.0215. The van der Waals surface area contributed by atoms with Crippen molar-refractivity contribution in [1.29, 1.82) is 0 Å². The maximum absolute atomic E-state index is 11.6. The summed E-state index contributed by atoms with van der Waals surface area (Å²) in [4.78, 5) is 15.9. The number of ketones is 1. The summed E-state index contributed by atoms with van der Waals surface area (Å²) < 4.78 is 10.8. The summed E-state index contributed by atoms with van der Waals surface area (Å²) in [5, 5.41) is 3.89. The van der Waals surface area contributed by atoms with Crippen molar-refractivity contribution in [2.24, 2.45) is 0 Å². The number of hydrogen-bond acceptors (Lipinski definition) is 5. The molecule has 0 atom stereocenters. The largest absolute Gasteiger partial charge is 0.485 e. The van der Waals surface area contributed by atoms with E-state index >= 15 is 0 Å². The summed E-state index contributed by atoms with van der Waals surface area (Å²) in [6.07, 6.45) is 2.24. The van der Waals surface area contributed by atoms with Gasteiger partial charge in [0.15, 0.2) is 12.4 Å². The molecular weight excluding hydrogens is 256 g/mol. The van der Waals surface area contributed by atoms with Gasteiger partial charge in [-0.15, -0.1) is 0 Å². The van der Waals surface area contributed by atoms with Crippen molar-refractivity contribution in [2.75, 3.05) is 0 Å². The molecule has 20 heavy (non-hydrogen) atoms. The van der Waals surface area contributed by atoms with Crippen LogP contribution in [0.15, 0.2) is 22.7 Å². The third-order valence-electron chi connectivity index (χ3n) is 3.28. The minimum atomic E-state index is -0.0215. The zero-order chi connectivity index (χ0) is 14.1. The molecule has 0 aliphatic heterocycles. The van der Waals surface area contributed by atoms with E-state index in [1.165, 1.54) is 6.92 Å². The Morgan fingerprint density at radius 3 is 2.95 bits per heavy atom. The average Bonchev–Trinajstić information content (AvgIpc) is 3.15. The van der Waals surface area contributed by atoms with E-state index in [0.29, 0.717) is 28.9 Å². The van der Waals surface area contributed by atoms with Gasteiger partial charge >= 0.3 is 0 Å². The lowest BCUT2D eigenvalue weighted by atomic mass is 10.1. The first-order valence-corrected chi connectivity index (χ1v) is 6.70. The van der Waals surface area contributed by atoms with E-state index in [1.807, 2.05) is 19.1 Å². The van der Waals surface area contributed by atoms with Crippen molar-refractivity contribution in [1.82, 2.24) is 10.1 Å². The lowest BCUT2D eigenvalue weighted by Crippen LogP contribution is -2.03. The van der Waals surface area contributed by atoms with Crippen molar-refractivity contribution in [3.63, 3.8) is 0 Å². The van der Waals surface area contributed by atoms with E-state index < -0.39 is 0 Å². The van der Waals surface area contributed by atoms with E-state index in [4.69, 9.17) is 9.26 Å². The van der Waals surface area contributed by atoms with Gasteiger partial charge in [0, 0.05) is 5.92 Å². The van der Waals surface area contributed by atoms with E-state index in [-0.39, 0.29) is 12.4 Å². The van der Waals surface area contributed by atoms with Gasteiger partial charge in [0.1, 0.15) is 5.75 Å². The molecular formula is C15H16N2O3. The van der Waals surface area contributed by atoms with Gasteiger partial charge in [-0.05, 0) is 44.4 Å². The Bertz CT molecular complexity index is 644. The molecule has 0 radical (unpaired) electrons. The van der Waals surface area contributed by atoms with Crippen LogP contribution in [-0.2, 0) is 6.61 Å². The molecule has 1 fully saturated rings. The number of rotatable bonds is 5. The highest BCUT2D eigenvalue weighted by Crippen LogP contribution is 2.38. The molecule has 5 nitrogen and oxygen atoms in total. The Labute approximate surface area is 116 Å². The maximum atomic E-state index is 11.6. The molecule has 0 unspecified atom stereocenters. The molecule has 0 amide bonds. The highest BCUT2D eigenvalue weighted by atomic mass is 16.5. The van der Waals surface area contributed by atoms with Crippen LogP contribution in [0.5, 0.6) is 5.75 Å². The predicted octanol–water partition coefficient (Wildman–Crippen LogP) is 3.04. The first-order chi connectivity index (χ1) is 9.63. The highest BCUT2D eigenvalue weighted by Gasteiger charge is 2.29. The smallest absolute Gasteiger partial charge is 0.229 e. The third kappa shape index (κ3) is 2.71. The zero-order valence-corrected chi connectivity index (χ0v) is 11.5. The second-order valence-corrected chi connectivity index (χ2v) is 5.17. The first kappa shape index (κ1) is 12.8. The molecule has 0 saturated heterocycles. The van der Waals surface area contributed by atoms with Gasteiger partial charge < -0.3 is 9.26 Å². The Morgan fingerprint density at radius 2 is 2.25 bits per heavy atom. The summed E-state index contributed by atoms with van der Waals surface area (Å²) in [5.74, 6) is 2.19. The van der Waals surface area contributed by atoms with E-state index in [0.717, 1.165) is 18.4 Å². The van der Waals surface area contributed by atoms with E-state index in [1.54, 1.807) is 6.07 Å². The molecule has 1 aliphatic rings. The Kier molecular flexibility index (Phi) is 3.26. The van der Waals surface area contributed by atoms with Crippen LogP contribution in [-0.4, -0.2) is 15.9 Å². The lowest BCUT2D eigenvalue weighted by molar-refractivity contribution is 0.101. The van der Waals surface area contributed by atoms with Crippen molar-refractivity contribution < 1.29 is 14.1 Å². The lowest BCUT2D eigenvalue weighted by Gasteiger charge is -2.08. The molecule has 1 saturated carbocycles. The first-order valence-electron chi connectivity index (χ1n) is 6.70. The second kappa shape index (κ2) is 5.07. The van der Waals surface area contributed by atoms with Gasteiger partial charge in [0.2, 0.25) is 11.7 Å². The number of hydrogen-bond donors (Lipinski definition) is 0. The van der Waals surface area contributed by atoms with Gasteiger partial charge in [-0.3, -0.25) is 4.79 Å². The van der Waals surface area contributed by atoms with Gasteiger partial charge in [0.05, 0.1) is 5.56 Å². The molecule has 1 aromatic carbocycles. The second-order valence-electron chi connectivity index (χ2n) is 5.17. The van der Waals surface area contributed by atoms with Crippen LogP contribution in [0.25, 0.3) is 0 Å². The van der Waals surface area contributed by atoms with Crippen LogP contribution in [0, 0.1) is 6.92 Å². The summed E-state index contributed by atoms with van der Waals surface area (Å²) >= 11 is 0. The highest BCUT2D eigenvalue weighted by molar-refractivity contribution is 5.96. The minimum Gasteiger partial charge on any atom is -0.485 e. The Morgan fingerprint density at radius 1 is 1.45 bits per heavy atom. The molecule has 0 bridgehead atoms. The number of aryl methyl sites for hydroxylation is 1. The molecule has 0 spiro atoms. The molecule has 1 aromatic heterocycles. The Balaban J connectivity index is 1.73. The fourth-order valence-corrected chi connectivity index (χ4v) is 2.00. The quantitative estimate of drug-likeness (QED) is 0.783. The number of carbonyl (C=O) groups is 1. The third-order valence-corrected chi connectivity index (χ3v) is 3.28. The number of ether oxygens (including phenoxy) is 1. The summed E-state index contributed by atoms with van der Waals surface area (Å²) in [6.45, 7) is 3.69. The average molecular weight is 272 g/mol. The fraction of sp³-hybridized carbons (Fsp3) is 0.400. The van der Waals surface area contributed by atoms with E-state index in [2.05, 4.69) is 10.1 Å². The molecule has 104 valence electrons. The van der Waals surface area contributed by atoms with Crippen LogP contribution in [0.1, 0.15) is 53.3 Å². The summed E-state index contributed by atoms with van der Waals surface area (Å²) in [5.41, 5.74) is 1.61. The normalized spacial score (nSPS) is 14.3. The van der Waals surface area contributed by atoms with Crippen LogP contribution in [0.2, 0.25) is 0 Å². The maximum Gasteiger partial charge on any atom is 0.229 e. The van der Waals surface area contributed by atoms with Gasteiger partial charge in [0.25, 0.3) is 0 Å². The molecule has 0 N–H and O–H groups in total. The number of carbonyl (C=O) groups excluding carboxylic acids is 1. The molecule has 3 rings (SSSR count). The molecule has 5 heteroatoms. The SMILES string of the molecule is CC(=O)c1ccc(C)cc1OCc1noc(C2CC2)n1. The Hall–Kier alpha value is -2.17. The summed E-state index contributed by atoms with van der Waals surface area (Å²) in [6, 6.07) is 5.51. The predicted molar refractivity (Wildman–Crippen MR) is 71.8 cm³/mol. The van der Waals surface area contributed by atoms with Crippen LogP contribution in [0.4, 0.5) is 0 Å². The van der Waals surface area contributed by atoms with Crippen LogP contribution < -0.4 is 4.74 Å². The van der Waals surface area contributed by atoms with Gasteiger partial charge in [-0.1, -0.05) is 11.2 Å². The number of Topliss-reactive ketones (excluding diaryl/α,β-unsaturated/α-hetero) is 1. The molecule has 1 aliphatic carbocycles. The van der Waals surface area contributed by atoms with E-state index in [9.17, 15) is 4.79 Å². The van der Waals surface area contributed by atoms with Crippen LogP contribution in [0.3, 0.4) is 0 Å². The number of aromatic nitrogens is 2. The topological polar surface area (TPSA) is 65.2 Å². The molecule has 1 heterocycles. The summed E-state index contributed by atoms with van der Waals surface area (Å²) in [7, 11) is 0. The van der Waals surface area contributed by atoms with Gasteiger partial charge in [-0.2, -0.15) is 4.98 Å². The molecule has 2 aromatic rings. The van der Waals surface area contributed by atoms with Crippen molar-refractivity contribution in [3.05, 3.63) is 41.0 Å². The monoisotopic (exact) mass is 272 g/mol. The van der Waals surface area contributed by atoms with Crippen molar-refractivity contribution in [3.8, 4) is 5.75 Å². The number of nitrogens with zero attached hydrogens (tertiary/aromatic N) is 2. The zero-order valence-electron chi connectivity index (χ0n) is 11.5. The number of benzene rings is 1. The fourth-order valence-electron chi connectivity index (χ4n) is 2.00. The van der Waals surface area contributed by atoms with Crippen molar-refractivity contribution >= 4 is 5.78 Å². The van der Waals surface area contributed by atoms with Crippen molar-refractivity contribution in [2.45, 2.75) is 39.2 Å². The standard InChI is InChI=1S/C15H16N2O3/c1-9-3-6-12(10(2)18)13(7-9)19-8-14-16-15(20-17-14)11-4-5-11/h3,6-7,11H,4-5,8H2,1-2H3. The van der Waals surface area contributed by atoms with Gasteiger partial charge in [-0.25, -0.2) is 0 Å². The van der Waals surface area contributed by atoms with Crippen LogP contribution >= 0.6 is 0 Å².